The molecule has 1 aliphatic rings. The highest BCUT2D eigenvalue weighted by Crippen LogP contribution is 2.16. The molecule has 1 fully saturated rings. The second-order valence-corrected chi connectivity index (χ2v) is 10.8. The molecule has 0 bridgehead atoms. The highest BCUT2D eigenvalue weighted by molar-refractivity contribution is 5.76. The molecule has 0 aromatic rings. The molecule has 0 radical (unpaired) electrons. The number of nitrogens with one attached hydrogen (secondary N) is 6. The maximum Gasteiger partial charge on any atom is 0.221 e. The molecule has 1 aliphatic carbocycles. The Kier molecular flexibility index (Phi) is 24.4. The number of amides is 1. The van der Waals surface area contributed by atoms with Crippen molar-refractivity contribution in [3.8, 4) is 0 Å². The number of hydrogen-bond donors (Lipinski definition) is 9. The van der Waals surface area contributed by atoms with Crippen molar-refractivity contribution in [2.75, 3.05) is 78.5 Å². The molecular formula is C28H63N8O2+. The maximum absolute atomic E-state index is 11.8. The second-order valence-electron chi connectivity index (χ2n) is 10.8. The summed E-state index contributed by atoms with van der Waals surface area (Å²) in [6.45, 7) is 9.67. The van der Waals surface area contributed by atoms with Crippen molar-refractivity contribution >= 4 is 5.91 Å². The van der Waals surface area contributed by atoms with Crippen LogP contribution in [0.4, 0.5) is 0 Å². The van der Waals surface area contributed by atoms with E-state index >= 15 is 0 Å². The van der Waals surface area contributed by atoms with Gasteiger partial charge in [0.05, 0.1) is 19.6 Å². The van der Waals surface area contributed by atoms with Gasteiger partial charge in [-0.25, -0.2) is 0 Å². The molecule has 0 aromatic heterocycles. The predicted molar refractivity (Wildman–Crippen MR) is 158 cm³/mol. The van der Waals surface area contributed by atoms with E-state index in [1.54, 1.807) is 4.90 Å². The summed E-state index contributed by atoms with van der Waals surface area (Å²) < 4.78 is 0. The van der Waals surface area contributed by atoms with E-state index < -0.39 is 6.23 Å². The molecule has 2 atom stereocenters. The SMILES string of the molecule is NCCNC(=O)CCNCC[NH+](CCNCCC(O)NCCN)CCNC1CCCCCCCCCCC1. The first-order valence-corrected chi connectivity index (χ1v) is 15.7. The molecule has 226 valence electrons. The molecule has 1 rings (SSSR count). The lowest BCUT2D eigenvalue weighted by Crippen LogP contribution is -3.14. The Morgan fingerprint density at radius 2 is 1.29 bits per heavy atom. The van der Waals surface area contributed by atoms with Gasteiger partial charge < -0.3 is 42.7 Å². The van der Waals surface area contributed by atoms with Crippen LogP contribution in [-0.4, -0.2) is 102 Å². The summed E-state index contributed by atoms with van der Waals surface area (Å²) in [6, 6.07) is 0.654. The van der Waals surface area contributed by atoms with E-state index in [0.717, 1.165) is 45.8 Å². The molecule has 2 unspecified atom stereocenters. The fourth-order valence-electron chi connectivity index (χ4n) is 5.07. The van der Waals surface area contributed by atoms with Crippen molar-refractivity contribution in [2.24, 2.45) is 11.5 Å². The molecule has 0 aliphatic heterocycles. The standard InChI is InChI=1S/C28H62N8O2/c29-14-18-34-27(37)12-16-31-20-23-36(24-21-32-17-13-28(38)35-19-15-30)25-22-33-26-10-8-6-4-2-1-3-5-7-9-11-26/h26-27,31-34,37H,1-25,29-30H2,(H,35,38)/p+1. The molecule has 0 spiro atoms. The Bertz CT molecular complexity index is 517. The summed E-state index contributed by atoms with van der Waals surface area (Å²) in [5.74, 6) is 0.0562. The van der Waals surface area contributed by atoms with Gasteiger partial charge >= 0.3 is 0 Å². The van der Waals surface area contributed by atoms with E-state index in [4.69, 9.17) is 11.5 Å². The van der Waals surface area contributed by atoms with Crippen LogP contribution in [0.5, 0.6) is 0 Å². The van der Waals surface area contributed by atoms with Gasteiger partial charge in [0.15, 0.2) is 0 Å². The number of aliphatic hydroxyl groups excluding tert-OH is 1. The zero-order chi connectivity index (χ0) is 27.5. The lowest BCUT2D eigenvalue weighted by atomic mass is 9.98. The van der Waals surface area contributed by atoms with Crippen LogP contribution in [0.15, 0.2) is 0 Å². The number of nitrogens with two attached hydrogens (primary N) is 2. The first-order valence-electron chi connectivity index (χ1n) is 15.7. The third-order valence-electron chi connectivity index (χ3n) is 7.44. The highest BCUT2D eigenvalue weighted by atomic mass is 16.3. The largest absolute Gasteiger partial charge is 0.379 e. The van der Waals surface area contributed by atoms with Gasteiger partial charge in [-0.15, -0.1) is 0 Å². The third-order valence-corrected chi connectivity index (χ3v) is 7.44. The Morgan fingerprint density at radius 1 is 0.737 bits per heavy atom. The molecule has 0 heterocycles. The van der Waals surface area contributed by atoms with Crippen molar-refractivity contribution in [2.45, 2.75) is 95.7 Å². The van der Waals surface area contributed by atoms with E-state index in [2.05, 4.69) is 26.6 Å². The number of quaternary nitrogens is 1. The summed E-state index contributed by atoms with van der Waals surface area (Å²) in [6.07, 6.45) is 15.8. The van der Waals surface area contributed by atoms with Crippen LogP contribution in [0.1, 0.15) is 83.5 Å². The van der Waals surface area contributed by atoms with Crippen LogP contribution in [-0.2, 0) is 4.79 Å². The van der Waals surface area contributed by atoms with E-state index in [1.807, 2.05) is 0 Å². The summed E-state index contributed by atoms with van der Waals surface area (Å²) in [5.41, 5.74) is 10.9. The first-order chi connectivity index (χ1) is 18.7. The molecule has 0 saturated heterocycles. The van der Waals surface area contributed by atoms with Gasteiger partial charge in [0, 0.05) is 64.8 Å². The monoisotopic (exact) mass is 544 g/mol. The fraction of sp³-hybridized carbons (Fsp3) is 0.964. The number of rotatable bonds is 21. The minimum absolute atomic E-state index is 0.0562. The molecule has 10 heteroatoms. The summed E-state index contributed by atoms with van der Waals surface area (Å²) in [7, 11) is 0. The highest BCUT2D eigenvalue weighted by Gasteiger charge is 2.13. The van der Waals surface area contributed by atoms with Crippen LogP contribution in [0.2, 0.25) is 0 Å². The van der Waals surface area contributed by atoms with Crippen molar-refractivity contribution in [3.63, 3.8) is 0 Å². The lowest BCUT2D eigenvalue weighted by molar-refractivity contribution is -0.896. The third kappa shape index (κ3) is 22.0. The quantitative estimate of drug-likeness (QED) is 0.0662. The topological polar surface area (TPSA) is 154 Å². The molecule has 1 saturated carbocycles. The van der Waals surface area contributed by atoms with Gasteiger partial charge in [0.25, 0.3) is 0 Å². The second kappa shape index (κ2) is 26.4. The van der Waals surface area contributed by atoms with Crippen LogP contribution in [0, 0.1) is 0 Å². The van der Waals surface area contributed by atoms with Crippen molar-refractivity contribution in [1.29, 1.82) is 0 Å². The van der Waals surface area contributed by atoms with Crippen LogP contribution in [0.3, 0.4) is 0 Å². The van der Waals surface area contributed by atoms with Crippen molar-refractivity contribution in [1.82, 2.24) is 26.6 Å². The summed E-state index contributed by atoms with van der Waals surface area (Å²) in [5, 5.41) is 26.6. The van der Waals surface area contributed by atoms with E-state index in [-0.39, 0.29) is 5.91 Å². The molecule has 38 heavy (non-hydrogen) atoms. The lowest BCUT2D eigenvalue weighted by Gasteiger charge is -2.24. The molecular weight excluding hydrogens is 480 g/mol. The fourth-order valence-corrected chi connectivity index (χ4v) is 5.07. The zero-order valence-corrected chi connectivity index (χ0v) is 24.3. The Hall–Kier alpha value is -0.850. The first kappa shape index (κ1) is 35.2. The van der Waals surface area contributed by atoms with Crippen LogP contribution >= 0.6 is 0 Å². The molecule has 11 N–H and O–H groups in total. The van der Waals surface area contributed by atoms with Crippen LogP contribution < -0.4 is 43.0 Å². The van der Waals surface area contributed by atoms with Gasteiger partial charge in [0.2, 0.25) is 5.91 Å². The predicted octanol–water partition coefficient (Wildman–Crippen LogP) is -0.965. The summed E-state index contributed by atoms with van der Waals surface area (Å²) in [4.78, 5) is 13.3. The van der Waals surface area contributed by atoms with Gasteiger partial charge in [-0.2, -0.15) is 0 Å². The van der Waals surface area contributed by atoms with Crippen molar-refractivity contribution in [3.05, 3.63) is 0 Å². The van der Waals surface area contributed by atoms with E-state index in [0.29, 0.717) is 51.6 Å². The normalized spacial score (nSPS) is 17.9. The number of carbonyl (C=O) groups is 1. The van der Waals surface area contributed by atoms with Gasteiger partial charge in [-0.1, -0.05) is 57.8 Å². The number of hydrogen-bond acceptors (Lipinski definition) is 8. The Balaban J connectivity index is 2.37. The number of aliphatic hydroxyl groups is 1. The van der Waals surface area contributed by atoms with Gasteiger partial charge in [-0.3, -0.25) is 10.1 Å². The molecule has 1 amide bonds. The molecule has 0 aromatic carbocycles. The Labute approximate surface area is 233 Å². The zero-order valence-electron chi connectivity index (χ0n) is 24.3. The smallest absolute Gasteiger partial charge is 0.221 e. The summed E-state index contributed by atoms with van der Waals surface area (Å²) >= 11 is 0. The Morgan fingerprint density at radius 3 is 1.89 bits per heavy atom. The van der Waals surface area contributed by atoms with E-state index in [9.17, 15) is 9.90 Å². The van der Waals surface area contributed by atoms with Gasteiger partial charge in [0.1, 0.15) is 6.23 Å². The number of carbonyl (C=O) groups excluding carboxylic acids is 1. The average Bonchev–Trinajstić information content (AvgIpc) is 2.91. The van der Waals surface area contributed by atoms with Crippen LogP contribution in [0.25, 0.3) is 0 Å². The van der Waals surface area contributed by atoms with E-state index in [1.165, 1.54) is 70.6 Å². The maximum atomic E-state index is 11.8. The average molecular weight is 544 g/mol. The van der Waals surface area contributed by atoms with Gasteiger partial charge in [-0.05, 0) is 25.8 Å². The minimum Gasteiger partial charge on any atom is -0.379 e. The minimum atomic E-state index is -0.504. The molecule has 10 nitrogen and oxygen atoms in total. The van der Waals surface area contributed by atoms with Crippen molar-refractivity contribution < 1.29 is 14.8 Å².